The minimum absolute atomic E-state index is 0.00937. The SMILES string of the molecule is Cn1c(Cc2c(Cl)ccc(CNC(=O)C(C)(C)C)c2F)nc2cc(C(=O)Nc3ccc(Br)cc3)c(OCC(F)F)cc21. The van der Waals surface area contributed by atoms with E-state index in [0.29, 0.717) is 22.5 Å². The Morgan fingerprint density at radius 2 is 1.81 bits per heavy atom. The van der Waals surface area contributed by atoms with E-state index in [9.17, 15) is 18.4 Å². The first kappa shape index (κ1) is 31.4. The van der Waals surface area contributed by atoms with Crippen molar-refractivity contribution in [1.29, 1.82) is 0 Å². The molecule has 4 aromatic rings. The maximum atomic E-state index is 15.6. The normalized spacial score (nSPS) is 11.7. The largest absolute Gasteiger partial charge is 0.487 e. The van der Waals surface area contributed by atoms with E-state index in [1.807, 2.05) is 0 Å². The number of halogens is 5. The molecule has 0 aliphatic rings. The molecule has 7 nitrogen and oxygen atoms in total. The molecule has 0 spiro atoms. The van der Waals surface area contributed by atoms with Gasteiger partial charge < -0.3 is 19.9 Å². The summed E-state index contributed by atoms with van der Waals surface area (Å²) >= 11 is 9.71. The van der Waals surface area contributed by atoms with Crippen LogP contribution in [-0.2, 0) is 24.8 Å². The number of benzene rings is 3. The monoisotopic (exact) mass is 664 g/mol. The highest BCUT2D eigenvalue weighted by molar-refractivity contribution is 9.10. The van der Waals surface area contributed by atoms with Crippen molar-refractivity contribution in [2.75, 3.05) is 11.9 Å². The number of aryl methyl sites for hydroxylation is 1. The molecule has 0 aliphatic carbocycles. The summed E-state index contributed by atoms with van der Waals surface area (Å²) in [6.45, 7) is 4.36. The number of hydrogen-bond donors (Lipinski definition) is 2. The fraction of sp³-hybridized carbons (Fsp3) is 0.300. The van der Waals surface area contributed by atoms with Crippen LogP contribution in [0.2, 0.25) is 5.02 Å². The number of aromatic nitrogens is 2. The maximum absolute atomic E-state index is 15.6. The molecule has 0 bridgehead atoms. The molecule has 0 atom stereocenters. The van der Waals surface area contributed by atoms with E-state index in [1.54, 1.807) is 62.7 Å². The van der Waals surface area contributed by atoms with Gasteiger partial charge in [-0.15, -0.1) is 0 Å². The summed E-state index contributed by atoms with van der Waals surface area (Å²) in [7, 11) is 1.68. The first-order valence-corrected chi connectivity index (χ1v) is 14.1. The zero-order valence-corrected chi connectivity index (χ0v) is 25.7. The summed E-state index contributed by atoms with van der Waals surface area (Å²) in [5.74, 6) is -1.01. The number of imidazole rings is 1. The van der Waals surface area contributed by atoms with Crippen LogP contribution in [0.4, 0.5) is 18.9 Å². The van der Waals surface area contributed by atoms with Crippen LogP contribution in [-0.4, -0.2) is 34.4 Å². The van der Waals surface area contributed by atoms with E-state index in [1.165, 1.54) is 18.2 Å². The van der Waals surface area contributed by atoms with E-state index in [2.05, 4.69) is 31.5 Å². The van der Waals surface area contributed by atoms with Gasteiger partial charge >= 0.3 is 0 Å². The summed E-state index contributed by atoms with van der Waals surface area (Å²) in [6.07, 6.45) is -2.76. The highest BCUT2D eigenvalue weighted by atomic mass is 79.9. The number of ether oxygens (including phenoxy) is 1. The van der Waals surface area contributed by atoms with Crippen LogP contribution in [0.3, 0.4) is 0 Å². The lowest BCUT2D eigenvalue weighted by Gasteiger charge is -2.18. The van der Waals surface area contributed by atoms with Crippen LogP contribution in [0.5, 0.6) is 5.75 Å². The summed E-state index contributed by atoms with van der Waals surface area (Å²) in [5.41, 5.74) is 1.18. The minimum atomic E-state index is -2.75. The molecule has 222 valence electrons. The molecule has 4 rings (SSSR count). The molecule has 12 heteroatoms. The number of nitrogens with one attached hydrogen (secondary N) is 2. The fourth-order valence-corrected chi connectivity index (χ4v) is 4.63. The molecular formula is C30H29BrClF3N4O3. The number of alkyl halides is 2. The molecule has 0 fully saturated rings. The van der Waals surface area contributed by atoms with Crippen LogP contribution in [0.1, 0.15) is 48.1 Å². The molecule has 3 aromatic carbocycles. The number of rotatable bonds is 9. The van der Waals surface area contributed by atoms with Crippen LogP contribution in [0.15, 0.2) is 53.0 Å². The standard InChI is InChI=1S/C30H29BrClF3N4O3/c1-30(2,3)29(41)36-14-16-5-10-21(32)19(27(16)35)12-26-38-22-11-20(28(40)37-18-8-6-17(31)7-9-18)24(42-15-25(33)34)13-23(22)39(26)4/h5-11,13,25H,12,14-15H2,1-4H3,(H,36,41)(H,37,40). The van der Waals surface area contributed by atoms with Gasteiger partial charge in [-0.3, -0.25) is 9.59 Å². The molecule has 42 heavy (non-hydrogen) atoms. The summed E-state index contributed by atoms with van der Waals surface area (Å²) < 4.78 is 49.4. The van der Waals surface area contributed by atoms with Gasteiger partial charge in [0, 0.05) is 57.8 Å². The van der Waals surface area contributed by atoms with Crippen LogP contribution in [0.25, 0.3) is 11.0 Å². The van der Waals surface area contributed by atoms with Gasteiger partial charge in [-0.1, -0.05) is 54.4 Å². The number of hydrogen-bond acceptors (Lipinski definition) is 4. The molecule has 1 aromatic heterocycles. The van der Waals surface area contributed by atoms with Crippen molar-refractivity contribution in [3.8, 4) is 5.75 Å². The Hall–Kier alpha value is -3.57. The van der Waals surface area contributed by atoms with Gasteiger partial charge in [-0.25, -0.2) is 18.2 Å². The fourth-order valence-electron chi connectivity index (χ4n) is 4.15. The van der Waals surface area contributed by atoms with Gasteiger partial charge in [0.1, 0.15) is 24.0 Å². The van der Waals surface area contributed by atoms with E-state index >= 15 is 4.39 Å². The maximum Gasteiger partial charge on any atom is 0.272 e. The molecular weight excluding hydrogens is 637 g/mol. The number of fused-ring (bicyclic) bond motifs is 1. The van der Waals surface area contributed by atoms with Crippen molar-refractivity contribution < 1.29 is 27.5 Å². The number of nitrogens with zero attached hydrogens (tertiary/aromatic N) is 2. The van der Waals surface area contributed by atoms with Gasteiger partial charge in [-0.05, 0) is 36.4 Å². The second kappa shape index (κ2) is 12.7. The lowest BCUT2D eigenvalue weighted by molar-refractivity contribution is -0.128. The number of amides is 2. The molecule has 0 unspecified atom stereocenters. The van der Waals surface area contributed by atoms with Crippen molar-refractivity contribution in [2.45, 2.75) is 40.2 Å². The quantitative estimate of drug-likeness (QED) is 0.197. The summed E-state index contributed by atoms with van der Waals surface area (Å²) in [6, 6.07) is 12.8. The summed E-state index contributed by atoms with van der Waals surface area (Å²) in [4.78, 5) is 30.1. The van der Waals surface area contributed by atoms with Crippen molar-refractivity contribution in [2.24, 2.45) is 12.5 Å². The van der Waals surface area contributed by atoms with Gasteiger partial charge in [-0.2, -0.15) is 0 Å². The zero-order valence-electron chi connectivity index (χ0n) is 23.3. The van der Waals surface area contributed by atoms with E-state index in [0.717, 1.165) is 4.47 Å². The van der Waals surface area contributed by atoms with Gasteiger partial charge in [0.2, 0.25) is 5.91 Å². The van der Waals surface area contributed by atoms with Crippen molar-refractivity contribution >= 4 is 56.1 Å². The third-order valence-corrected chi connectivity index (χ3v) is 7.39. The number of anilines is 1. The molecule has 0 saturated heterocycles. The van der Waals surface area contributed by atoms with Gasteiger partial charge in [0.15, 0.2) is 0 Å². The third kappa shape index (κ3) is 7.25. The topological polar surface area (TPSA) is 85.2 Å². The van der Waals surface area contributed by atoms with Gasteiger partial charge in [0.05, 0.1) is 16.6 Å². The van der Waals surface area contributed by atoms with Crippen molar-refractivity contribution in [3.63, 3.8) is 0 Å². The molecule has 0 aliphatic heterocycles. The van der Waals surface area contributed by atoms with Crippen molar-refractivity contribution in [3.05, 3.63) is 86.4 Å². The Kier molecular flexibility index (Phi) is 9.52. The van der Waals surface area contributed by atoms with Crippen LogP contribution in [0, 0.1) is 11.2 Å². The van der Waals surface area contributed by atoms with E-state index in [-0.39, 0.29) is 46.3 Å². The average Bonchev–Trinajstić information content (AvgIpc) is 3.23. The first-order chi connectivity index (χ1) is 19.7. The van der Waals surface area contributed by atoms with Gasteiger partial charge in [0.25, 0.3) is 12.3 Å². The Morgan fingerprint density at radius 1 is 1.12 bits per heavy atom. The lowest BCUT2D eigenvalue weighted by atomic mass is 9.95. The Balaban J connectivity index is 1.68. The minimum Gasteiger partial charge on any atom is -0.487 e. The second-order valence-electron chi connectivity index (χ2n) is 10.7. The molecule has 0 radical (unpaired) electrons. The Labute approximate surface area is 254 Å². The average molecular weight is 666 g/mol. The molecule has 1 heterocycles. The van der Waals surface area contributed by atoms with Crippen LogP contribution < -0.4 is 15.4 Å². The van der Waals surface area contributed by atoms with Crippen LogP contribution >= 0.6 is 27.5 Å². The predicted molar refractivity (Wildman–Crippen MR) is 160 cm³/mol. The Morgan fingerprint density at radius 3 is 2.45 bits per heavy atom. The van der Waals surface area contributed by atoms with E-state index in [4.69, 9.17) is 16.3 Å². The first-order valence-electron chi connectivity index (χ1n) is 13.0. The number of carbonyl (C=O) groups excluding carboxylic acids is 2. The van der Waals surface area contributed by atoms with Crippen molar-refractivity contribution in [1.82, 2.24) is 14.9 Å². The number of carbonyl (C=O) groups is 2. The summed E-state index contributed by atoms with van der Waals surface area (Å²) in [5, 5.41) is 5.65. The zero-order chi connectivity index (χ0) is 30.8. The lowest BCUT2D eigenvalue weighted by Crippen LogP contribution is -2.34. The molecule has 2 N–H and O–H groups in total. The molecule has 0 saturated carbocycles. The molecule has 2 amide bonds. The second-order valence-corrected chi connectivity index (χ2v) is 12.0. The third-order valence-electron chi connectivity index (χ3n) is 6.51. The van der Waals surface area contributed by atoms with E-state index < -0.39 is 30.2 Å². The highest BCUT2D eigenvalue weighted by Gasteiger charge is 2.23. The Bertz CT molecular complexity index is 1640. The highest BCUT2D eigenvalue weighted by Crippen LogP contribution is 2.31. The predicted octanol–water partition coefficient (Wildman–Crippen LogP) is 7.28. The smallest absolute Gasteiger partial charge is 0.272 e.